The van der Waals surface area contributed by atoms with E-state index in [0.717, 1.165) is 12.8 Å². The second kappa shape index (κ2) is 4.97. The third-order valence-electron chi connectivity index (χ3n) is 2.19. The molecule has 0 aliphatic rings. The van der Waals surface area contributed by atoms with Crippen LogP contribution < -0.4 is 0 Å². The Morgan fingerprint density at radius 1 is 1.15 bits per heavy atom. The molecule has 0 saturated heterocycles. The van der Waals surface area contributed by atoms with Gasteiger partial charge in [-0.05, 0) is 25.2 Å². The minimum absolute atomic E-state index is 0.0824. The van der Waals surface area contributed by atoms with Gasteiger partial charge in [0, 0.05) is 0 Å². The Morgan fingerprint density at radius 3 is 2.00 bits per heavy atom. The Balaban J connectivity index is 4.11. The van der Waals surface area contributed by atoms with Gasteiger partial charge in [-0.3, -0.25) is 0 Å². The first-order chi connectivity index (χ1) is 5.83. The molecular formula is C11H24O2. The van der Waals surface area contributed by atoms with E-state index >= 15 is 0 Å². The number of aliphatic hydroxyl groups excluding tert-OH is 1. The van der Waals surface area contributed by atoms with Crippen LogP contribution in [0.5, 0.6) is 0 Å². The largest absolute Gasteiger partial charge is 0.394 e. The van der Waals surface area contributed by atoms with Crippen molar-refractivity contribution in [1.29, 1.82) is 0 Å². The van der Waals surface area contributed by atoms with Crippen molar-refractivity contribution in [2.24, 2.45) is 5.41 Å². The van der Waals surface area contributed by atoms with Crippen LogP contribution in [-0.4, -0.2) is 23.9 Å². The molecule has 0 heterocycles. The zero-order valence-corrected chi connectivity index (χ0v) is 9.68. The Bertz CT molecular complexity index is 138. The number of hydrogen-bond donors (Lipinski definition) is 1. The van der Waals surface area contributed by atoms with E-state index in [4.69, 9.17) is 9.84 Å². The van der Waals surface area contributed by atoms with Gasteiger partial charge in [0.05, 0.1) is 18.8 Å². The second-order valence-electron chi connectivity index (χ2n) is 5.11. The van der Waals surface area contributed by atoms with Gasteiger partial charge in [0.25, 0.3) is 0 Å². The van der Waals surface area contributed by atoms with Crippen LogP contribution in [0.1, 0.15) is 47.5 Å². The molecule has 80 valence electrons. The molecular weight excluding hydrogens is 164 g/mol. The first kappa shape index (κ1) is 12.9. The van der Waals surface area contributed by atoms with E-state index in [-0.39, 0.29) is 17.6 Å². The fraction of sp³-hybridized carbons (Fsp3) is 1.00. The van der Waals surface area contributed by atoms with Crippen LogP contribution in [0, 0.1) is 5.41 Å². The normalized spacial score (nSPS) is 17.1. The molecule has 0 aromatic rings. The van der Waals surface area contributed by atoms with E-state index in [0.29, 0.717) is 6.61 Å². The van der Waals surface area contributed by atoms with Gasteiger partial charge >= 0.3 is 0 Å². The summed E-state index contributed by atoms with van der Waals surface area (Å²) in [6.45, 7) is 11.4. The first-order valence-corrected chi connectivity index (χ1v) is 5.08. The number of rotatable bonds is 5. The molecule has 13 heavy (non-hydrogen) atoms. The van der Waals surface area contributed by atoms with Crippen molar-refractivity contribution < 1.29 is 9.84 Å². The molecule has 0 aromatic heterocycles. The first-order valence-electron chi connectivity index (χ1n) is 5.08. The quantitative estimate of drug-likeness (QED) is 0.718. The van der Waals surface area contributed by atoms with Gasteiger partial charge < -0.3 is 9.84 Å². The number of hydrogen-bond acceptors (Lipinski definition) is 2. The summed E-state index contributed by atoms with van der Waals surface area (Å²) in [6, 6.07) is 0. The summed E-state index contributed by atoms with van der Waals surface area (Å²) in [5, 5.41) is 8.70. The fourth-order valence-corrected chi connectivity index (χ4v) is 1.69. The monoisotopic (exact) mass is 188 g/mol. The maximum atomic E-state index is 8.70. The van der Waals surface area contributed by atoms with E-state index in [1.54, 1.807) is 0 Å². The molecule has 2 heteroatoms. The smallest absolute Gasteiger partial charge is 0.0705 e. The summed E-state index contributed by atoms with van der Waals surface area (Å²) in [4.78, 5) is 0. The molecule has 0 aliphatic carbocycles. The van der Waals surface area contributed by atoms with Crippen molar-refractivity contribution in [2.45, 2.75) is 53.1 Å². The predicted octanol–water partition coefficient (Wildman–Crippen LogP) is 2.60. The minimum Gasteiger partial charge on any atom is -0.394 e. The van der Waals surface area contributed by atoms with Gasteiger partial charge in [0.1, 0.15) is 0 Å². The number of aliphatic hydroxyl groups is 1. The maximum absolute atomic E-state index is 8.70. The Kier molecular flexibility index (Phi) is 4.93. The minimum atomic E-state index is -0.0824. The highest BCUT2D eigenvalue weighted by Gasteiger charge is 2.28. The Morgan fingerprint density at radius 2 is 1.69 bits per heavy atom. The lowest BCUT2D eigenvalue weighted by atomic mass is 9.81. The van der Waals surface area contributed by atoms with Crippen LogP contribution in [0.2, 0.25) is 0 Å². The lowest BCUT2D eigenvalue weighted by Crippen LogP contribution is -2.34. The highest BCUT2D eigenvalue weighted by molar-refractivity contribution is 4.80. The molecule has 0 amide bonds. The molecule has 0 rings (SSSR count). The molecule has 0 fully saturated rings. The van der Waals surface area contributed by atoms with Gasteiger partial charge in [0.15, 0.2) is 0 Å². The van der Waals surface area contributed by atoms with Gasteiger partial charge in [-0.1, -0.05) is 27.7 Å². The molecule has 1 unspecified atom stereocenters. The van der Waals surface area contributed by atoms with Gasteiger partial charge in [-0.25, -0.2) is 0 Å². The summed E-state index contributed by atoms with van der Waals surface area (Å²) >= 11 is 0. The van der Waals surface area contributed by atoms with Crippen molar-refractivity contribution in [3.63, 3.8) is 0 Å². The zero-order chi connectivity index (χ0) is 10.5. The van der Waals surface area contributed by atoms with Crippen LogP contribution >= 0.6 is 0 Å². The molecule has 0 aromatic carbocycles. The fourth-order valence-electron chi connectivity index (χ4n) is 1.69. The predicted molar refractivity (Wildman–Crippen MR) is 55.8 cm³/mol. The molecule has 0 aliphatic heterocycles. The average molecular weight is 188 g/mol. The summed E-state index contributed by atoms with van der Waals surface area (Å²) in [5.74, 6) is 0. The standard InChI is InChI=1S/C11H24O2/c1-6-11(5,13-8-7-12)9-10(2,3)4/h12H,6-9H2,1-5H3. The highest BCUT2D eigenvalue weighted by Crippen LogP contribution is 2.31. The third-order valence-corrected chi connectivity index (χ3v) is 2.19. The molecule has 1 N–H and O–H groups in total. The van der Waals surface area contributed by atoms with Crippen molar-refractivity contribution in [2.75, 3.05) is 13.2 Å². The van der Waals surface area contributed by atoms with Crippen LogP contribution in [-0.2, 0) is 4.74 Å². The Hall–Kier alpha value is -0.0800. The highest BCUT2D eigenvalue weighted by atomic mass is 16.5. The molecule has 0 spiro atoms. The van der Waals surface area contributed by atoms with E-state index in [2.05, 4.69) is 34.6 Å². The molecule has 2 nitrogen and oxygen atoms in total. The average Bonchev–Trinajstić information content (AvgIpc) is 1.98. The summed E-state index contributed by atoms with van der Waals surface area (Å²) in [5.41, 5.74) is 0.196. The molecule has 0 saturated carbocycles. The molecule has 0 radical (unpaired) electrons. The lowest BCUT2D eigenvalue weighted by Gasteiger charge is -2.34. The summed E-state index contributed by atoms with van der Waals surface area (Å²) in [7, 11) is 0. The van der Waals surface area contributed by atoms with Gasteiger partial charge in [-0.15, -0.1) is 0 Å². The molecule has 1 atom stereocenters. The second-order valence-corrected chi connectivity index (χ2v) is 5.11. The number of ether oxygens (including phenoxy) is 1. The van der Waals surface area contributed by atoms with E-state index in [9.17, 15) is 0 Å². The Labute approximate surface area is 82.3 Å². The SMILES string of the molecule is CCC(C)(CC(C)(C)C)OCCO. The van der Waals surface area contributed by atoms with E-state index in [1.165, 1.54) is 0 Å². The summed E-state index contributed by atoms with van der Waals surface area (Å²) < 4.78 is 5.65. The third kappa shape index (κ3) is 6.05. The van der Waals surface area contributed by atoms with Crippen LogP contribution in [0.25, 0.3) is 0 Å². The van der Waals surface area contributed by atoms with Crippen LogP contribution in [0.4, 0.5) is 0 Å². The lowest BCUT2D eigenvalue weighted by molar-refractivity contribution is -0.0701. The van der Waals surface area contributed by atoms with Crippen molar-refractivity contribution >= 4 is 0 Å². The van der Waals surface area contributed by atoms with E-state index < -0.39 is 0 Å². The van der Waals surface area contributed by atoms with Crippen LogP contribution in [0.3, 0.4) is 0 Å². The van der Waals surface area contributed by atoms with Crippen molar-refractivity contribution in [3.05, 3.63) is 0 Å². The molecule has 0 bridgehead atoms. The topological polar surface area (TPSA) is 29.5 Å². The van der Waals surface area contributed by atoms with Gasteiger partial charge in [0.2, 0.25) is 0 Å². The maximum Gasteiger partial charge on any atom is 0.0705 e. The summed E-state index contributed by atoms with van der Waals surface area (Å²) in [6.07, 6.45) is 2.01. The van der Waals surface area contributed by atoms with Crippen molar-refractivity contribution in [3.8, 4) is 0 Å². The van der Waals surface area contributed by atoms with Crippen LogP contribution in [0.15, 0.2) is 0 Å². The van der Waals surface area contributed by atoms with E-state index in [1.807, 2.05) is 0 Å². The van der Waals surface area contributed by atoms with Gasteiger partial charge in [-0.2, -0.15) is 0 Å². The zero-order valence-electron chi connectivity index (χ0n) is 9.68. The van der Waals surface area contributed by atoms with Crippen molar-refractivity contribution in [1.82, 2.24) is 0 Å².